The van der Waals surface area contributed by atoms with Crippen LogP contribution in [0.1, 0.15) is 15.2 Å². The lowest BCUT2D eigenvalue weighted by Crippen LogP contribution is -2.16. The second kappa shape index (κ2) is 7.34. The fraction of sp³-hybridized carbons (Fsp3) is 0.0588. The van der Waals surface area contributed by atoms with E-state index in [0.717, 1.165) is 25.9 Å². The van der Waals surface area contributed by atoms with Crippen LogP contribution in [0, 0.1) is 0 Å². The van der Waals surface area contributed by atoms with Gasteiger partial charge in [-0.1, -0.05) is 39.7 Å². The molecule has 4 nitrogen and oxygen atoms in total. The largest absolute Gasteiger partial charge is 0.497 e. The molecule has 0 saturated heterocycles. The van der Waals surface area contributed by atoms with Crippen molar-refractivity contribution < 1.29 is 9.53 Å². The molecule has 0 fully saturated rings. The highest BCUT2D eigenvalue weighted by atomic mass is 79.9. The maximum absolute atomic E-state index is 12.3. The normalized spacial score (nSPS) is 11.1. The zero-order valence-corrected chi connectivity index (χ0v) is 15.7. The number of carbonyl (C=O) groups excluding carboxylic acids is 1. The van der Waals surface area contributed by atoms with Crippen molar-refractivity contribution >= 4 is 61.1 Å². The highest BCUT2D eigenvalue weighted by molar-refractivity contribution is 9.10. The SMILES string of the molecule is COc1ccc2c(Cl)c(C(=O)NN=Cc3cccc(Br)c3)sc2c1. The number of hydrogen-bond acceptors (Lipinski definition) is 4. The second-order valence-electron chi connectivity index (χ2n) is 4.86. The van der Waals surface area contributed by atoms with Crippen LogP contribution in [0.25, 0.3) is 10.1 Å². The van der Waals surface area contributed by atoms with Gasteiger partial charge in [-0.3, -0.25) is 4.79 Å². The van der Waals surface area contributed by atoms with E-state index in [2.05, 4.69) is 26.5 Å². The smallest absolute Gasteiger partial charge is 0.283 e. The van der Waals surface area contributed by atoms with E-state index in [-0.39, 0.29) is 5.91 Å². The second-order valence-corrected chi connectivity index (χ2v) is 7.21. The lowest BCUT2D eigenvalue weighted by atomic mass is 10.2. The van der Waals surface area contributed by atoms with E-state index in [1.807, 2.05) is 42.5 Å². The number of amides is 1. The molecule has 24 heavy (non-hydrogen) atoms. The summed E-state index contributed by atoms with van der Waals surface area (Å²) in [6, 6.07) is 13.1. The van der Waals surface area contributed by atoms with Crippen molar-refractivity contribution in [3.8, 4) is 5.75 Å². The number of fused-ring (bicyclic) bond motifs is 1. The maximum atomic E-state index is 12.3. The summed E-state index contributed by atoms with van der Waals surface area (Å²) < 4.78 is 7.02. The van der Waals surface area contributed by atoms with Crippen LogP contribution in [0.4, 0.5) is 0 Å². The Labute approximate surface area is 156 Å². The minimum atomic E-state index is -0.341. The molecule has 0 aliphatic rings. The Kier molecular flexibility index (Phi) is 5.18. The summed E-state index contributed by atoms with van der Waals surface area (Å²) in [5, 5.41) is 5.23. The van der Waals surface area contributed by atoms with Gasteiger partial charge in [0.05, 0.1) is 18.3 Å². The van der Waals surface area contributed by atoms with Gasteiger partial charge in [-0.15, -0.1) is 11.3 Å². The number of thiophene rings is 1. The quantitative estimate of drug-likeness (QED) is 0.469. The van der Waals surface area contributed by atoms with E-state index in [4.69, 9.17) is 16.3 Å². The summed E-state index contributed by atoms with van der Waals surface area (Å²) in [6.07, 6.45) is 1.58. The molecule has 0 atom stereocenters. The fourth-order valence-corrected chi connectivity index (χ4v) is 3.97. The minimum Gasteiger partial charge on any atom is -0.497 e. The van der Waals surface area contributed by atoms with Gasteiger partial charge in [0.15, 0.2) is 0 Å². The number of rotatable bonds is 4. The number of hydrazone groups is 1. The van der Waals surface area contributed by atoms with Crippen molar-refractivity contribution in [3.05, 3.63) is 62.4 Å². The third kappa shape index (κ3) is 3.61. The molecule has 0 aliphatic heterocycles. The topological polar surface area (TPSA) is 50.7 Å². The molecule has 1 amide bonds. The van der Waals surface area contributed by atoms with E-state index in [0.29, 0.717) is 9.90 Å². The predicted octanol–water partition coefficient (Wildman–Crippen LogP) is 5.09. The van der Waals surface area contributed by atoms with Gasteiger partial charge in [0.2, 0.25) is 0 Å². The van der Waals surface area contributed by atoms with Crippen LogP contribution in [0.15, 0.2) is 52.0 Å². The van der Waals surface area contributed by atoms with E-state index in [9.17, 15) is 4.79 Å². The van der Waals surface area contributed by atoms with Gasteiger partial charge in [-0.25, -0.2) is 5.43 Å². The zero-order valence-electron chi connectivity index (χ0n) is 12.5. The lowest BCUT2D eigenvalue weighted by Gasteiger charge is -1.98. The molecule has 7 heteroatoms. The molecule has 3 rings (SSSR count). The number of benzene rings is 2. The molecule has 1 heterocycles. The van der Waals surface area contributed by atoms with Gasteiger partial charge in [-0.05, 0) is 35.9 Å². The third-order valence-electron chi connectivity index (χ3n) is 3.27. The minimum absolute atomic E-state index is 0.341. The standard InChI is InChI=1S/C17H12BrClN2O2S/c1-23-12-5-6-13-14(8-12)24-16(15(13)19)17(22)21-20-9-10-3-2-4-11(18)7-10/h2-9H,1H3,(H,21,22). The van der Waals surface area contributed by atoms with Crippen LogP contribution in [-0.4, -0.2) is 19.2 Å². The number of hydrogen-bond donors (Lipinski definition) is 1. The summed E-state index contributed by atoms with van der Waals surface area (Å²) in [5.74, 6) is 0.381. The summed E-state index contributed by atoms with van der Waals surface area (Å²) in [7, 11) is 1.60. The molecule has 122 valence electrons. The van der Waals surface area contributed by atoms with Crippen molar-refractivity contribution in [3.63, 3.8) is 0 Å². The average Bonchev–Trinajstić information content (AvgIpc) is 2.91. The molecule has 0 aliphatic carbocycles. The first-order valence-electron chi connectivity index (χ1n) is 6.93. The van der Waals surface area contributed by atoms with Crippen molar-refractivity contribution in [1.29, 1.82) is 0 Å². The Morgan fingerprint density at radius 2 is 2.17 bits per heavy atom. The van der Waals surface area contributed by atoms with Crippen molar-refractivity contribution in [2.75, 3.05) is 7.11 Å². The summed E-state index contributed by atoms with van der Waals surface area (Å²) in [6.45, 7) is 0. The third-order valence-corrected chi connectivity index (χ3v) is 5.42. The van der Waals surface area contributed by atoms with Crippen molar-refractivity contribution in [2.45, 2.75) is 0 Å². The van der Waals surface area contributed by atoms with Crippen LogP contribution in [0.5, 0.6) is 5.75 Å². The highest BCUT2D eigenvalue weighted by Gasteiger charge is 2.17. The Morgan fingerprint density at radius 3 is 2.92 bits per heavy atom. The van der Waals surface area contributed by atoms with Gasteiger partial charge in [0.1, 0.15) is 10.6 Å². The average molecular weight is 424 g/mol. The molecule has 0 saturated carbocycles. The molecule has 1 aromatic heterocycles. The Bertz CT molecular complexity index is 939. The van der Waals surface area contributed by atoms with Crippen LogP contribution in [-0.2, 0) is 0 Å². The number of halogens is 2. The number of methoxy groups -OCH3 is 1. The summed E-state index contributed by atoms with van der Waals surface area (Å²) >= 11 is 11.0. The van der Waals surface area contributed by atoms with Crippen molar-refractivity contribution in [2.24, 2.45) is 5.10 Å². The van der Waals surface area contributed by atoms with E-state index < -0.39 is 0 Å². The number of nitrogens with zero attached hydrogens (tertiary/aromatic N) is 1. The fourth-order valence-electron chi connectivity index (χ4n) is 2.12. The number of nitrogens with one attached hydrogen (secondary N) is 1. The molecule has 1 N–H and O–H groups in total. The van der Waals surface area contributed by atoms with E-state index >= 15 is 0 Å². The molecular weight excluding hydrogens is 412 g/mol. The predicted molar refractivity (Wildman–Crippen MR) is 103 cm³/mol. The van der Waals surface area contributed by atoms with Crippen LogP contribution in [0.2, 0.25) is 5.02 Å². The molecule has 2 aromatic carbocycles. The van der Waals surface area contributed by atoms with Crippen LogP contribution < -0.4 is 10.2 Å². The van der Waals surface area contributed by atoms with Gasteiger partial charge >= 0.3 is 0 Å². The molecule has 3 aromatic rings. The van der Waals surface area contributed by atoms with Crippen LogP contribution >= 0.6 is 38.9 Å². The van der Waals surface area contributed by atoms with E-state index in [1.54, 1.807) is 13.3 Å². The Hall–Kier alpha value is -1.89. The first-order chi connectivity index (χ1) is 11.6. The highest BCUT2D eigenvalue weighted by Crippen LogP contribution is 2.37. The Morgan fingerprint density at radius 1 is 1.33 bits per heavy atom. The molecule has 0 bridgehead atoms. The number of carbonyl (C=O) groups is 1. The van der Waals surface area contributed by atoms with Crippen LogP contribution in [0.3, 0.4) is 0 Å². The van der Waals surface area contributed by atoms with Crippen molar-refractivity contribution in [1.82, 2.24) is 5.43 Å². The molecule has 0 radical (unpaired) electrons. The molecule has 0 unspecified atom stereocenters. The van der Waals surface area contributed by atoms with Gasteiger partial charge in [0.25, 0.3) is 5.91 Å². The Balaban J connectivity index is 1.80. The zero-order chi connectivity index (χ0) is 17.1. The monoisotopic (exact) mass is 422 g/mol. The van der Waals surface area contributed by atoms with E-state index in [1.165, 1.54) is 11.3 Å². The molecular formula is C17H12BrClN2O2S. The van der Waals surface area contributed by atoms with Gasteiger partial charge < -0.3 is 4.74 Å². The summed E-state index contributed by atoms with van der Waals surface area (Å²) in [5.41, 5.74) is 3.38. The van der Waals surface area contributed by atoms with Gasteiger partial charge in [0, 0.05) is 14.6 Å². The molecule has 0 spiro atoms. The lowest BCUT2D eigenvalue weighted by molar-refractivity contribution is 0.0959. The number of ether oxygens (including phenoxy) is 1. The first-order valence-corrected chi connectivity index (χ1v) is 8.92. The first kappa shape index (κ1) is 17.0. The summed E-state index contributed by atoms with van der Waals surface area (Å²) in [4.78, 5) is 12.7. The van der Waals surface area contributed by atoms with Gasteiger partial charge in [-0.2, -0.15) is 5.10 Å². The maximum Gasteiger partial charge on any atom is 0.283 e.